The Labute approximate surface area is 165 Å². The Bertz CT molecular complexity index is 753. The lowest BCUT2D eigenvalue weighted by molar-refractivity contribution is 0.0240. The first-order valence-corrected chi connectivity index (χ1v) is 9.53. The van der Waals surface area contributed by atoms with E-state index in [1.807, 2.05) is 32.6 Å². The highest BCUT2D eigenvalue weighted by Gasteiger charge is 2.30. The predicted octanol–water partition coefficient (Wildman–Crippen LogP) is 4.18. The van der Waals surface area contributed by atoms with Crippen LogP contribution in [0.5, 0.6) is 0 Å². The largest absolute Gasteiger partial charge is 0.482 e. The summed E-state index contributed by atoms with van der Waals surface area (Å²) in [5.41, 5.74) is 8.92. The van der Waals surface area contributed by atoms with E-state index in [0.717, 1.165) is 11.3 Å². The van der Waals surface area contributed by atoms with Gasteiger partial charge >= 0.3 is 13.1 Å². The number of hydrogen-bond donors (Lipinski definition) is 1. The van der Waals surface area contributed by atoms with Crippen molar-refractivity contribution in [3.63, 3.8) is 0 Å². The minimum absolute atomic E-state index is 0.264. The number of hydrogen-bond acceptors (Lipinski definition) is 4. The van der Waals surface area contributed by atoms with Crippen LogP contribution in [-0.2, 0) is 11.1 Å². The zero-order valence-electron chi connectivity index (χ0n) is 17.5. The van der Waals surface area contributed by atoms with Crippen LogP contribution in [0.15, 0.2) is 0 Å². The second-order valence-corrected chi connectivity index (χ2v) is 8.48. The summed E-state index contributed by atoms with van der Waals surface area (Å²) >= 11 is 0. The standard InChI is InChI=1S/C19H30BF3N3O2/c1-12-15(11-20(21,22)23)13(2)17(14(3)16(12)24)25-7-9-26(10-8-25)18(27)28-19(4,5)6/h7-11,24H2,1-6H3/q-1. The Morgan fingerprint density at radius 3 is 2.04 bits per heavy atom. The van der Waals surface area contributed by atoms with E-state index in [1.165, 1.54) is 0 Å². The van der Waals surface area contributed by atoms with Crippen molar-refractivity contribution in [2.45, 2.75) is 53.5 Å². The number of ether oxygens (including phenoxy) is 1. The second-order valence-electron chi connectivity index (χ2n) is 8.48. The Balaban J connectivity index is 2.26. The Morgan fingerprint density at radius 1 is 1.04 bits per heavy atom. The fourth-order valence-electron chi connectivity index (χ4n) is 3.73. The molecule has 0 unspecified atom stereocenters. The molecule has 1 heterocycles. The highest BCUT2D eigenvalue weighted by molar-refractivity contribution is 6.58. The molecule has 1 amide bonds. The highest BCUT2D eigenvalue weighted by atomic mass is 19.4. The molecule has 0 saturated carbocycles. The van der Waals surface area contributed by atoms with Gasteiger partial charge in [0, 0.05) is 37.6 Å². The van der Waals surface area contributed by atoms with Crippen LogP contribution in [0.3, 0.4) is 0 Å². The molecule has 5 nitrogen and oxygen atoms in total. The van der Waals surface area contributed by atoms with Crippen molar-refractivity contribution in [3.05, 3.63) is 22.3 Å². The van der Waals surface area contributed by atoms with Crippen LogP contribution in [0.4, 0.5) is 29.1 Å². The molecule has 158 valence electrons. The number of carbonyl (C=O) groups is 1. The van der Waals surface area contributed by atoms with Crippen molar-refractivity contribution in [2.24, 2.45) is 0 Å². The summed E-state index contributed by atoms with van der Waals surface area (Å²) in [7, 11) is 0. The van der Waals surface area contributed by atoms with Crippen LogP contribution in [0.1, 0.15) is 43.0 Å². The molecule has 1 fully saturated rings. The summed E-state index contributed by atoms with van der Waals surface area (Å²) in [6.07, 6.45) is -1.31. The molecular weight excluding hydrogens is 370 g/mol. The molecule has 1 aromatic rings. The van der Waals surface area contributed by atoms with Gasteiger partial charge in [0.1, 0.15) is 5.60 Å². The van der Waals surface area contributed by atoms with Gasteiger partial charge in [-0.1, -0.05) is 11.9 Å². The molecule has 0 spiro atoms. The summed E-state index contributed by atoms with van der Waals surface area (Å²) in [4.78, 5) is 15.9. The van der Waals surface area contributed by atoms with Crippen molar-refractivity contribution >= 4 is 24.4 Å². The zero-order chi connectivity index (χ0) is 21.4. The summed E-state index contributed by atoms with van der Waals surface area (Å²) in [6, 6.07) is 0. The predicted molar refractivity (Wildman–Crippen MR) is 108 cm³/mol. The summed E-state index contributed by atoms with van der Waals surface area (Å²) < 4.78 is 44.8. The SMILES string of the molecule is Cc1c(N)c(C)c(N2CCN(C(=O)OC(C)(C)C)CC2)c(C)c1C[B-](F)(F)F. The number of nitrogens with zero attached hydrogens (tertiary/aromatic N) is 2. The van der Waals surface area contributed by atoms with Gasteiger partial charge in [-0.05, 0) is 58.2 Å². The Hall–Kier alpha value is -2.06. The van der Waals surface area contributed by atoms with Crippen LogP contribution < -0.4 is 10.6 Å². The molecule has 9 heteroatoms. The maximum Gasteiger partial charge on any atom is 0.482 e. The molecular formula is C19H30BF3N3O2-. The molecule has 0 atom stereocenters. The molecule has 0 aliphatic carbocycles. The molecule has 1 aromatic carbocycles. The van der Waals surface area contributed by atoms with E-state index in [4.69, 9.17) is 10.5 Å². The number of nitrogen functional groups attached to an aromatic ring is 1. The number of anilines is 2. The van der Waals surface area contributed by atoms with Gasteiger partial charge < -0.3 is 33.2 Å². The maximum absolute atomic E-state index is 13.1. The van der Waals surface area contributed by atoms with E-state index in [9.17, 15) is 17.7 Å². The lowest BCUT2D eigenvalue weighted by Gasteiger charge is -2.39. The molecule has 0 bridgehead atoms. The first-order chi connectivity index (χ1) is 12.7. The monoisotopic (exact) mass is 400 g/mol. The van der Waals surface area contributed by atoms with E-state index < -0.39 is 18.9 Å². The third-order valence-corrected chi connectivity index (χ3v) is 5.11. The Morgan fingerprint density at radius 2 is 1.57 bits per heavy atom. The van der Waals surface area contributed by atoms with Crippen LogP contribution >= 0.6 is 0 Å². The van der Waals surface area contributed by atoms with Gasteiger partial charge in [-0.3, -0.25) is 0 Å². The summed E-state index contributed by atoms with van der Waals surface area (Å²) in [5.74, 6) is 0. The number of piperazine rings is 1. The van der Waals surface area contributed by atoms with Crippen molar-refractivity contribution in [1.29, 1.82) is 0 Å². The van der Waals surface area contributed by atoms with Gasteiger partial charge in [-0.25, -0.2) is 4.79 Å². The highest BCUT2D eigenvalue weighted by Crippen LogP contribution is 2.37. The van der Waals surface area contributed by atoms with Gasteiger partial charge in [0.05, 0.1) is 0 Å². The number of rotatable bonds is 3. The topological polar surface area (TPSA) is 58.8 Å². The fourth-order valence-corrected chi connectivity index (χ4v) is 3.73. The van der Waals surface area contributed by atoms with Crippen molar-refractivity contribution in [3.8, 4) is 0 Å². The van der Waals surface area contributed by atoms with Gasteiger partial charge in [-0.2, -0.15) is 0 Å². The molecule has 0 aromatic heterocycles. The number of carbonyl (C=O) groups excluding carboxylic acids is 1. The number of halogens is 3. The number of benzene rings is 1. The normalized spacial score (nSPS) is 15.8. The minimum Gasteiger partial charge on any atom is -0.449 e. The first-order valence-electron chi connectivity index (χ1n) is 9.53. The van der Waals surface area contributed by atoms with Gasteiger partial charge in [0.2, 0.25) is 0 Å². The first kappa shape index (κ1) is 22.2. The maximum atomic E-state index is 13.1. The molecule has 2 N–H and O–H groups in total. The zero-order valence-corrected chi connectivity index (χ0v) is 17.5. The third-order valence-electron chi connectivity index (χ3n) is 5.11. The number of amides is 1. The average molecular weight is 400 g/mol. The van der Waals surface area contributed by atoms with Crippen molar-refractivity contribution in [1.82, 2.24) is 4.90 Å². The molecule has 1 aliphatic rings. The summed E-state index contributed by atoms with van der Waals surface area (Å²) in [6.45, 7) is 7.61. The smallest absolute Gasteiger partial charge is 0.449 e. The van der Waals surface area contributed by atoms with Gasteiger partial charge in [0.15, 0.2) is 0 Å². The quantitative estimate of drug-likeness (QED) is 0.611. The van der Waals surface area contributed by atoms with Crippen molar-refractivity contribution < 1.29 is 22.5 Å². The average Bonchev–Trinajstić information content (AvgIpc) is 2.55. The van der Waals surface area contributed by atoms with Crippen LogP contribution in [0, 0.1) is 20.8 Å². The van der Waals surface area contributed by atoms with Crippen LogP contribution in [0.25, 0.3) is 0 Å². The molecule has 2 rings (SSSR count). The molecule has 0 radical (unpaired) electrons. The van der Waals surface area contributed by atoms with Crippen LogP contribution in [0.2, 0.25) is 0 Å². The summed E-state index contributed by atoms with van der Waals surface area (Å²) in [5, 5.41) is 0. The van der Waals surface area contributed by atoms with E-state index in [-0.39, 0.29) is 11.7 Å². The minimum atomic E-state index is -4.96. The van der Waals surface area contributed by atoms with E-state index >= 15 is 0 Å². The Kier molecular flexibility index (Phi) is 6.16. The molecule has 1 aliphatic heterocycles. The lowest BCUT2D eigenvalue weighted by Crippen LogP contribution is -2.50. The van der Waals surface area contributed by atoms with E-state index in [1.54, 1.807) is 18.7 Å². The van der Waals surface area contributed by atoms with Gasteiger partial charge in [-0.15, -0.1) is 0 Å². The third kappa shape index (κ3) is 5.05. The van der Waals surface area contributed by atoms with Crippen molar-refractivity contribution in [2.75, 3.05) is 36.8 Å². The number of nitrogens with two attached hydrogens (primary N) is 1. The molecule has 28 heavy (non-hydrogen) atoms. The second kappa shape index (κ2) is 7.76. The fraction of sp³-hybridized carbons (Fsp3) is 0.632. The van der Waals surface area contributed by atoms with E-state index in [2.05, 4.69) is 0 Å². The van der Waals surface area contributed by atoms with Gasteiger partial charge in [0.25, 0.3) is 0 Å². The molecule has 1 saturated heterocycles. The lowest BCUT2D eigenvalue weighted by atomic mass is 9.77. The van der Waals surface area contributed by atoms with Crippen LogP contribution in [-0.4, -0.2) is 49.8 Å². The van der Waals surface area contributed by atoms with E-state index in [0.29, 0.717) is 43.0 Å².